The molecule has 0 aliphatic carbocycles. The van der Waals surface area contributed by atoms with Gasteiger partial charge in [0.15, 0.2) is 0 Å². The predicted octanol–water partition coefficient (Wildman–Crippen LogP) is 1.03. The van der Waals surface area contributed by atoms with Crippen LogP contribution in [0.5, 0.6) is 0 Å². The lowest BCUT2D eigenvalue weighted by molar-refractivity contribution is 0.557. The molecule has 5 nitrogen and oxygen atoms in total. The van der Waals surface area contributed by atoms with Crippen LogP contribution in [0.15, 0.2) is 22.7 Å². The number of thiophene rings is 1. The van der Waals surface area contributed by atoms with Crippen molar-refractivity contribution in [2.45, 2.75) is 18.1 Å². The quantitative estimate of drug-likeness (QED) is 0.781. The van der Waals surface area contributed by atoms with E-state index in [1.165, 1.54) is 4.88 Å². The van der Waals surface area contributed by atoms with Gasteiger partial charge in [-0.25, -0.2) is 4.68 Å². The molecule has 0 atom stereocenters. The van der Waals surface area contributed by atoms with E-state index in [1.54, 1.807) is 27.8 Å². The van der Waals surface area contributed by atoms with Gasteiger partial charge < -0.3 is 5.73 Å². The summed E-state index contributed by atoms with van der Waals surface area (Å²) in [5.41, 5.74) is 5.47. The zero-order valence-electron chi connectivity index (χ0n) is 8.74. The van der Waals surface area contributed by atoms with Gasteiger partial charge in [-0.2, -0.15) is 0 Å². The van der Waals surface area contributed by atoms with E-state index in [2.05, 4.69) is 33.0 Å². The van der Waals surface area contributed by atoms with E-state index in [0.717, 1.165) is 17.3 Å². The second-order valence-corrected chi connectivity index (χ2v) is 5.25. The van der Waals surface area contributed by atoms with Crippen molar-refractivity contribution < 1.29 is 0 Å². The smallest absolute Gasteiger partial charge is 0.209 e. The molecule has 0 aromatic carbocycles. The van der Waals surface area contributed by atoms with Crippen LogP contribution < -0.4 is 5.73 Å². The fraction of sp³-hybridized carbons (Fsp3) is 0.444. The third-order valence-electron chi connectivity index (χ3n) is 2.00. The summed E-state index contributed by atoms with van der Waals surface area (Å²) in [6.45, 7) is 1.23. The van der Waals surface area contributed by atoms with Gasteiger partial charge in [-0.05, 0) is 28.3 Å². The van der Waals surface area contributed by atoms with E-state index in [4.69, 9.17) is 5.73 Å². The van der Waals surface area contributed by atoms with E-state index < -0.39 is 0 Å². The average molecular weight is 255 g/mol. The maximum absolute atomic E-state index is 5.47. The van der Waals surface area contributed by atoms with E-state index >= 15 is 0 Å². The molecule has 86 valence electrons. The van der Waals surface area contributed by atoms with Gasteiger partial charge in [0, 0.05) is 17.2 Å². The van der Waals surface area contributed by atoms with E-state index in [-0.39, 0.29) is 0 Å². The third kappa shape index (κ3) is 3.03. The molecule has 0 unspecified atom stereocenters. The molecule has 0 radical (unpaired) electrons. The number of thioether (sulfide) groups is 1. The van der Waals surface area contributed by atoms with Crippen molar-refractivity contribution in [2.24, 2.45) is 5.73 Å². The summed E-state index contributed by atoms with van der Waals surface area (Å²) in [6.07, 6.45) is 1.05. The third-order valence-corrected chi connectivity index (χ3v) is 3.89. The van der Waals surface area contributed by atoms with Crippen molar-refractivity contribution >= 4 is 23.1 Å². The van der Waals surface area contributed by atoms with Gasteiger partial charge in [0.05, 0.1) is 6.54 Å². The Bertz CT molecular complexity index is 411. The lowest BCUT2D eigenvalue weighted by Gasteiger charge is -2.01. The van der Waals surface area contributed by atoms with Gasteiger partial charge in [-0.1, -0.05) is 17.8 Å². The molecule has 0 fully saturated rings. The second-order valence-electron chi connectivity index (χ2n) is 3.15. The van der Waals surface area contributed by atoms with Crippen LogP contribution in [0.2, 0.25) is 0 Å². The minimum atomic E-state index is 0.559. The topological polar surface area (TPSA) is 69.6 Å². The van der Waals surface area contributed by atoms with Crippen LogP contribution >= 0.6 is 23.1 Å². The van der Waals surface area contributed by atoms with E-state index in [9.17, 15) is 0 Å². The normalized spacial score (nSPS) is 10.8. The van der Waals surface area contributed by atoms with Gasteiger partial charge in [0.1, 0.15) is 0 Å². The molecule has 0 aliphatic rings. The van der Waals surface area contributed by atoms with Crippen molar-refractivity contribution in [1.29, 1.82) is 0 Å². The van der Waals surface area contributed by atoms with Crippen LogP contribution in [0.25, 0.3) is 0 Å². The largest absolute Gasteiger partial charge is 0.329 e. The zero-order chi connectivity index (χ0) is 11.2. The Labute approximate surface area is 102 Å². The standard InChI is InChI=1S/C9H13N5S2/c10-4-5-14-9(11-12-13-14)16-7-3-8-2-1-6-15-8/h1-2,6H,3-5,7,10H2. The fourth-order valence-corrected chi connectivity index (χ4v) is 2.97. The molecule has 16 heavy (non-hydrogen) atoms. The van der Waals surface area contributed by atoms with Crippen LogP contribution in [0, 0.1) is 0 Å². The summed E-state index contributed by atoms with van der Waals surface area (Å²) in [5.74, 6) is 0.992. The summed E-state index contributed by atoms with van der Waals surface area (Å²) >= 11 is 3.45. The first-order valence-corrected chi connectivity index (χ1v) is 6.88. The summed E-state index contributed by atoms with van der Waals surface area (Å²) < 4.78 is 1.75. The van der Waals surface area contributed by atoms with Crippen LogP contribution in [0.1, 0.15) is 4.88 Å². The summed E-state index contributed by atoms with van der Waals surface area (Å²) in [7, 11) is 0. The number of nitrogens with two attached hydrogens (primary N) is 1. The number of hydrogen-bond acceptors (Lipinski definition) is 6. The highest BCUT2D eigenvalue weighted by Gasteiger charge is 2.05. The maximum atomic E-state index is 5.47. The Hall–Kier alpha value is -0.920. The van der Waals surface area contributed by atoms with Crippen LogP contribution in [0.3, 0.4) is 0 Å². The molecule has 2 aromatic heterocycles. The highest BCUT2D eigenvalue weighted by molar-refractivity contribution is 7.99. The molecule has 0 saturated heterocycles. The summed E-state index contributed by atoms with van der Waals surface area (Å²) in [4.78, 5) is 1.39. The van der Waals surface area contributed by atoms with Crippen molar-refractivity contribution in [1.82, 2.24) is 20.2 Å². The van der Waals surface area contributed by atoms with Crippen molar-refractivity contribution in [3.05, 3.63) is 22.4 Å². The van der Waals surface area contributed by atoms with Gasteiger partial charge in [0.2, 0.25) is 5.16 Å². The molecule has 0 amide bonds. The first-order valence-electron chi connectivity index (χ1n) is 5.01. The minimum absolute atomic E-state index is 0.559. The van der Waals surface area contributed by atoms with Gasteiger partial charge in [-0.3, -0.25) is 0 Å². The molecule has 2 N–H and O–H groups in total. The molecule has 0 spiro atoms. The monoisotopic (exact) mass is 255 g/mol. The Balaban J connectivity index is 1.82. The molecule has 0 saturated carbocycles. The van der Waals surface area contributed by atoms with Gasteiger partial charge in [0.25, 0.3) is 0 Å². The fourth-order valence-electron chi connectivity index (χ4n) is 1.26. The zero-order valence-corrected chi connectivity index (χ0v) is 10.4. The number of aryl methyl sites for hydroxylation is 1. The van der Waals surface area contributed by atoms with E-state index in [1.807, 2.05) is 0 Å². The van der Waals surface area contributed by atoms with Crippen molar-refractivity contribution in [3.63, 3.8) is 0 Å². The van der Waals surface area contributed by atoms with Crippen molar-refractivity contribution in [2.75, 3.05) is 12.3 Å². The first-order chi connectivity index (χ1) is 7.90. The van der Waals surface area contributed by atoms with Gasteiger partial charge >= 0.3 is 0 Å². The Morgan fingerprint density at radius 1 is 1.50 bits per heavy atom. The average Bonchev–Trinajstić information content (AvgIpc) is 2.91. The summed E-state index contributed by atoms with van der Waals surface area (Å²) in [5, 5.41) is 14.4. The molecule has 0 bridgehead atoms. The van der Waals surface area contributed by atoms with Crippen molar-refractivity contribution in [3.8, 4) is 0 Å². The highest BCUT2D eigenvalue weighted by atomic mass is 32.2. The van der Waals surface area contributed by atoms with Crippen LogP contribution in [-0.4, -0.2) is 32.5 Å². The van der Waals surface area contributed by atoms with Crippen LogP contribution in [-0.2, 0) is 13.0 Å². The first kappa shape index (κ1) is 11.6. The lowest BCUT2D eigenvalue weighted by Crippen LogP contribution is -2.12. The SMILES string of the molecule is NCCn1nnnc1SCCc1cccs1. The molecule has 7 heteroatoms. The molecule has 2 rings (SSSR count). The predicted molar refractivity (Wildman–Crippen MR) is 65.6 cm³/mol. The molecule has 2 aromatic rings. The molecule has 0 aliphatic heterocycles. The number of rotatable bonds is 6. The Kier molecular flexibility index (Phi) is 4.32. The highest BCUT2D eigenvalue weighted by Crippen LogP contribution is 2.17. The maximum Gasteiger partial charge on any atom is 0.209 e. The molecular formula is C9H13N5S2. The second kappa shape index (κ2) is 5.97. The van der Waals surface area contributed by atoms with Gasteiger partial charge in [-0.15, -0.1) is 16.4 Å². The van der Waals surface area contributed by atoms with Crippen LogP contribution in [0.4, 0.5) is 0 Å². The Morgan fingerprint density at radius 2 is 2.44 bits per heavy atom. The summed E-state index contributed by atoms with van der Waals surface area (Å²) in [6, 6.07) is 4.22. The minimum Gasteiger partial charge on any atom is -0.329 e. The van der Waals surface area contributed by atoms with E-state index in [0.29, 0.717) is 13.1 Å². The number of nitrogens with zero attached hydrogens (tertiary/aromatic N) is 4. The Morgan fingerprint density at radius 3 is 3.19 bits per heavy atom. The molecular weight excluding hydrogens is 242 g/mol. The molecule has 2 heterocycles. The lowest BCUT2D eigenvalue weighted by atomic mass is 10.4. The number of hydrogen-bond donors (Lipinski definition) is 1. The number of tetrazole rings is 1. The number of aromatic nitrogens is 4.